The fourth-order valence-electron chi connectivity index (χ4n) is 2.77. The van der Waals surface area contributed by atoms with Gasteiger partial charge in [-0.1, -0.05) is 11.2 Å². The van der Waals surface area contributed by atoms with Gasteiger partial charge in [-0.25, -0.2) is 4.98 Å². The Morgan fingerprint density at radius 1 is 1.39 bits per heavy atom. The molecule has 1 saturated heterocycles. The molecule has 4 rings (SSSR count). The molecule has 1 unspecified atom stereocenters. The third kappa shape index (κ3) is 2.63. The van der Waals surface area contributed by atoms with Gasteiger partial charge in [0.15, 0.2) is 5.82 Å². The Bertz CT molecular complexity index is 909. The second-order valence-electron chi connectivity index (χ2n) is 5.75. The van der Waals surface area contributed by atoms with Crippen LogP contribution in [0, 0.1) is 6.92 Å². The molecule has 0 spiro atoms. The molecule has 0 aliphatic carbocycles. The van der Waals surface area contributed by atoms with Gasteiger partial charge < -0.3 is 9.26 Å². The summed E-state index contributed by atoms with van der Waals surface area (Å²) in [6.45, 7) is 2.92. The highest BCUT2D eigenvalue weighted by atomic mass is 16.5. The van der Waals surface area contributed by atoms with Crippen LogP contribution in [-0.2, 0) is 11.3 Å². The Morgan fingerprint density at radius 2 is 2.30 bits per heavy atom. The van der Waals surface area contributed by atoms with Crippen LogP contribution in [0.2, 0.25) is 0 Å². The maximum absolute atomic E-state index is 12.5. The zero-order chi connectivity index (χ0) is 15.8. The first-order valence-electron chi connectivity index (χ1n) is 7.60. The SMILES string of the molecule is Cc1ccc2c(=O)n(Cc3noc(C4CCCO4)n3)cnc2c1. The monoisotopic (exact) mass is 312 g/mol. The van der Waals surface area contributed by atoms with Gasteiger partial charge in [-0.3, -0.25) is 9.36 Å². The number of fused-ring (bicyclic) bond motifs is 1. The molecule has 1 fully saturated rings. The predicted molar refractivity (Wildman–Crippen MR) is 82.1 cm³/mol. The number of aryl methyl sites for hydroxylation is 1. The van der Waals surface area contributed by atoms with E-state index in [2.05, 4.69) is 15.1 Å². The Hall–Kier alpha value is -2.54. The summed E-state index contributed by atoms with van der Waals surface area (Å²) < 4.78 is 12.2. The topological polar surface area (TPSA) is 83.0 Å². The molecule has 3 heterocycles. The molecule has 7 nitrogen and oxygen atoms in total. The lowest BCUT2D eigenvalue weighted by molar-refractivity contribution is 0.0835. The first-order valence-corrected chi connectivity index (χ1v) is 7.60. The van der Waals surface area contributed by atoms with Gasteiger partial charge in [-0.05, 0) is 37.5 Å². The standard InChI is InChI=1S/C16H16N4O3/c1-10-4-5-11-12(7-10)17-9-20(16(11)21)8-14-18-15(23-19-14)13-3-2-6-22-13/h4-5,7,9,13H,2-3,6,8H2,1H3. The third-order valence-corrected chi connectivity index (χ3v) is 3.98. The molecular formula is C16H16N4O3. The first kappa shape index (κ1) is 14.1. The molecule has 23 heavy (non-hydrogen) atoms. The van der Waals surface area contributed by atoms with Gasteiger partial charge in [0.2, 0.25) is 0 Å². The number of aromatic nitrogens is 4. The van der Waals surface area contributed by atoms with Gasteiger partial charge in [-0.15, -0.1) is 0 Å². The van der Waals surface area contributed by atoms with Crippen molar-refractivity contribution < 1.29 is 9.26 Å². The van der Waals surface area contributed by atoms with E-state index in [9.17, 15) is 4.79 Å². The van der Waals surface area contributed by atoms with Crippen molar-refractivity contribution in [2.45, 2.75) is 32.4 Å². The van der Waals surface area contributed by atoms with E-state index in [0.717, 1.165) is 25.0 Å². The van der Waals surface area contributed by atoms with Crippen molar-refractivity contribution in [2.75, 3.05) is 6.61 Å². The largest absolute Gasteiger partial charge is 0.368 e. The number of ether oxygens (including phenoxy) is 1. The van der Waals surface area contributed by atoms with Crippen LogP contribution in [0.5, 0.6) is 0 Å². The summed E-state index contributed by atoms with van der Waals surface area (Å²) in [5, 5.41) is 4.52. The highest BCUT2D eigenvalue weighted by molar-refractivity contribution is 5.77. The quantitative estimate of drug-likeness (QED) is 0.735. The molecule has 0 radical (unpaired) electrons. The van der Waals surface area contributed by atoms with Crippen LogP contribution < -0.4 is 5.56 Å². The summed E-state index contributed by atoms with van der Waals surface area (Å²) >= 11 is 0. The molecule has 0 amide bonds. The lowest BCUT2D eigenvalue weighted by atomic mass is 10.2. The average Bonchev–Trinajstić information content (AvgIpc) is 3.21. The van der Waals surface area contributed by atoms with Gasteiger partial charge >= 0.3 is 0 Å². The van der Waals surface area contributed by atoms with Gasteiger partial charge in [0.25, 0.3) is 11.4 Å². The Morgan fingerprint density at radius 3 is 3.13 bits per heavy atom. The fourth-order valence-corrected chi connectivity index (χ4v) is 2.77. The second-order valence-corrected chi connectivity index (χ2v) is 5.75. The van der Waals surface area contributed by atoms with Crippen LogP contribution in [0.4, 0.5) is 0 Å². The van der Waals surface area contributed by atoms with E-state index in [1.807, 2.05) is 19.1 Å². The molecule has 1 atom stereocenters. The molecule has 0 saturated carbocycles. The van der Waals surface area contributed by atoms with Crippen molar-refractivity contribution >= 4 is 10.9 Å². The number of rotatable bonds is 3. The van der Waals surface area contributed by atoms with Crippen molar-refractivity contribution in [1.29, 1.82) is 0 Å². The van der Waals surface area contributed by atoms with Crippen molar-refractivity contribution in [3.63, 3.8) is 0 Å². The lowest BCUT2D eigenvalue weighted by Crippen LogP contribution is -2.21. The van der Waals surface area contributed by atoms with E-state index < -0.39 is 0 Å². The minimum absolute atomic E-state index is 0.113. The summed E-state index contributed by atoms with van der Waals surface area (Å²) in [7, 11) is 0. The van der Waals surface area contributed by atoms with E-state index in [-0.39, 0.29) is 18.2 Å². The molecule has 0 N–H and O–H groups in total. The summed E-state index contributed by atoms with van der Waals surface area (Å²) in [5.41, 5.74) is 1.65. The minimum atomic E-state index is -0.120. The molecule has 3 aromatic rings. The van der Waals surface area contributed by atoms with E-state index in [1.165, 1.54) is 10.9 Å². The highest BCUT2D eigenvalue weighted by Crippen LogP contribution is 2.26. The van der Waals surface area contributed by atoms with E-state index in [0.29, 0.717) is 22.6 Å². The Labute approximate surface area is 131 Å². The Kier molecular flexibility index (Phi) is 3.42. The molecule has 1 aliphatic rings. The molecule has 1 aliphatic heterocycles. The maximum atomic E-state index is 12.5. The third-order valence-electron chi connectivity index (χ3n) is 3.98. The number of hydrogen-bond donors (Lipinski definition) is 0. The van der Waals surface area contributed by atoms with E-state index in [4.69, 9.17) is 9.26 Å². The molecule has 1 aromatic carbocycles. The number of benzene rings is 1. The Balaban J connectivity index is 1.64. The van der Waals surface area contributed by atoms with Gasteiger partial charge in [0.1, 0.15) is 6.10 Å². The summed E-state index contributed by atoms with van der Waals surface area (Å²) in [5.74, 6) is 0.931. The number of hydrogen-bond acceptors (Lipinski definition) is 6. The van der Waals surface area contributed by atoms with Gasteiger partial charge in [0, 0.05) is 6.61 Å². The van der Waals surface area contributed by atoms with Crippen LogP contribution in [0.3, 0.4) is 0 Å². The van der Waals surface area contributed by atoms with Crippen molar-refractivity contribution in [3.05, 3.63) is 52.2 Å². The van der Waals surface area contributed by atoms with Crippen LogP contribution in [0.1, 0.15) is 36.2 Å². The smallest absolute Gasteiger partial charge is 0.261 e. The van der Waals surface area contributed by atoms with Crippen LogP contribution >= 0.6 is 0 Å². The highest BCUT2D eigenvalue weighted by Gasteiger charge is 2.24. The fraction of sp³-hybridized carbons (Fsp3) is 0.375. The predicted octanol–water partition coefficient (Wildman–Crippen LogP) is 1.99. The van der Waals surface area contributed by atoms with Crippen molar-refractivity contribution in [2.24, 2.45) is 0 Å². The normalized spacial score (nSPS) is 17.9. The van der Waals surface area contributed by atoms with E-state index >= 15 is 0 Å². The van der Waals surface area contributed by atoms with E-state index in [1.54, 1.807) is 6.07 Å². The number of nitrogens with zero attached hydrogens (tertiary/aromatic N) is 4. The van der Waals surface area contributed by atoms with Crippen molar-refractivity contribution in [3.8, 4) is 0 Å². The zero-order valence-corrected chi connectivity index (χ0v) is 12.7. The molecule has 2 aromatic heterocycles. The summed E-state index contributed by atoms with van der Waals surface area (Å²) in [6, 6.07) is 5.59. The molecule has 0 bridgehead atoms. The summed E-state index contributed by atoms with van der Waals surface area (Å²) in [4.78, 5) is 21.2. The molecular weight excluding hydrogens is 296 g/mol. The minimum Gasteiger partial charge on any atom is -0.368 e. The molecule has 118 valence electrons. The lowest BCUT2D eigenvalue weighted by Gasteiger charge is -2.04. The van der Waals surface area contributed by atoms with Crippen LogP contribution in [0.25, 0.3) is 10.9 Å². The van der Waals surface area contributed by atoms with Crippen LogP contribution in [-0.4, -0.2) is 26.3 Å². The van der Waals surface area contributed by atoms with Crippen LogP contribution in [0.15, 0.2) is 33.8 Å². The second kappa shape index (κ2) is 5.58. The van der Waals surface area contributed by atoms with Gasteiger partial charge in [0.05, 0.1) is 23.8 Å². The summed E-state index contributed by atoms with van der Waals surface area (Å²) in [6.07, 6.45) is 3.28. The molecule has 7 heteroatoms. The maximum Gasteiger partial charge on any atom is 0.261 e. The van der Waals surface area contributed by atoms with Crippen molar-refractivity contribution in [1.82, 2.24) is 19.7 Å². The van der Waals surface area contributed by atoms with Gasteiger partial charge in [-0.2, -0.15) is 4.98 Å². The average molecular weight is 312 g/mol. The first-order chi connectivity index (χ1) is 11.2. The zero-order valence-electron chi connectivity index (χ0n) is 12.7.